The van der Waals surface area contributed by atoms with Crippen molar-refractivity contribution in [1.82, 2.24) is 9.38 Å². The van der Waals surface area contributed by atoms with Crippen LogP contribution in [-0.2, 0) is 0 Å². The van der Waals surface area contributed by atoms with E-state index in [1.807, 2.05) is 0 Å². The van der Waals surface area contributed by atoms with Crippen molar-refractivity contribution < 1.29 is 15.0 Å². The van der Waals surface area contributed by atoms with Crippen molar-refractivity contribution in [3.8, 4) is 5.75 Å². The number of aromatic carboxylic acids is 1. The number of carbonyl (C=O) groups is 1. The van der Waals surface area contributed by atoms with Crippen LogP contribution in [0.4, 0.5) is 0 Å². The summed E-state index contributed by atoms with van der Waals surface area (Å²) in [6.07, 6.45) is 1.25. The van der Waals surface area contributed by atoms with Gasteiger partial charge in [0.05, 0.1) is 5.02 Å². The van der Waals surface area contributed by atoms with Gasteiger partial charge >= 0.3 is 11.5 Å². The molecular formula is C9H5ClN2O4. The van der Waals surface area contributed by atoms with Crippen LogP contribution in [0.3, 0.4) is 0 Å². The summed E-state index contributed by atoms with van der Waals surface area (Å²) in [5, 5.41) is 18.3. The van der Waals surface area contributed by atoms with Gasteiger partial charge in [0.15, 0.2) is 5.69 Å². The van der Waals surface area contributed by atoms with E-state index in [0.717, 1.165) is 4.40 Å². The molecule has 0 unspecified atom stereocenters. The van der Waals surface area contributed by atoms with Crippen LogP contribution < -0.4 is 5.56 Å². The Kier molecular flexibility index (Phi) is 2.28. The van der Waals surface area contributed by atoms with Crippen LogP contribution in [-0.4, -0.2) is 25.6 Å². The van der Waals surface area contributed by atoms with E-state index < -0.39 is 23.0 Å². The number of hydrogen-bond acceptors (Lipinski definition) is 4. The summed E-state index contributed by atoms with van der Waals surface area (Å²) < 4.78 is 0.976. The maximum absolute atomic E-state index is 11.6. The highest BCUT2D eigenvalue weighted by atomic mass is 35.5. The van der Waals surface area contributed by atoms with E-state index in [1.165, 1.54) is 18.3 Å². The number of rotatable bonds is 1. The maximum Gasteiger partial charge on any atom is 0.358 e. The first-order chi connectivity index (χ1) is 7.50. The first-order valence-corrected chi connectivity index (χ1v) is 4.52. The van der Waals surface area contributed by atoms with Gasteiger partial charge in [-0.2, -0.15) is 0 Å². The van der Waals surface area contributed by atoms with E-state index in [1.54, 1.807) is 0 Å². The lowest BCUT2D eigenvalue weighted by atomic mass is 10.3. The van der Waals surface area contributed by atoms with Gasteiger partial charge in [-0.15, -0.1) is 0 Å². The zero-order chi connectivity index (χ0) is 11.9. The van der Waals surface area contributed by atoms with Gasteiger partial charge in [-0.25, -0.2) is 9.78 Å². The van der Waals surface area contributed by atoms with Gasteiger partial charge in [-0.1, -0.05) is 11.6 Å². The second kappa shape index (κ2) is 3.49. The molecule has 0 aliphatic heterocycles. The SMILES string of the molecule is O=C(O)c1nc2ccc(Cl)cn2c(=O)c1O. The number of pyridine rings is 1. The number of carboxylic acid groups (broad SMARTS) is 1. The number of fused-ring (bicyclic) bond motifs is 1. The van der Waals surface area contributed by atoms with Crippen molar-refractivity contribution in [2.24, 2.45) is 0 Å². The lowest BCUT2D eigenvalue weighted by Gasteiger charge is -2.03. The van der Waals surface area contributed by atoms with E-state index in [2.05, 4.69) is 4.98 Å². The Morgan fingerprint density at radius 1 is 1.44 bits per heavy atom. The molecule has 2 aromatic rings. The molecule has 0 bridgehead atoms. The van der Waals surface area contributed by atoms with Gasteiger partial charge in [0.25, 0.3) is 0 Å². The molecule has 0 aliphatic carbocycles. The minimum Gasteiger partial charge on any atom is -0.501 e. The molecule has 0 atom stereocenters. The third-order valence-electron chi connectivity index (χ3n) is 1.97. The Morgan fingerprint density at radius 3 is 2.75 bits per heavy atom. The van der Waals surface area contributed by atoms with Crippen LogP contribution in [0.1, 0.15) is 10.5 Å². The van der Waals surface area contributed by atoms with Crippen molar-refractivity contribution in [2.75, 3.05) is 0 Å². The highest BCUT2D eigenvalue weighted by Crippen LogP contribution is 2.13. The molecule has 0 spiro atoms. The molecule has 2 heterocycles. The average molecular weight is 241 g/mol. The molecule has 0 aromatic carbocycles. The zero-order valence-electron chi connectivity index (χ0n) is 7.72. The summed E-state index contributed by atoms with van der Waals surface area (Å²) in [6.45, 7) is 0. The Balaban J connectivity index is 2.94. The third-order valence-corrected chi connectivity index (χ3v) is 2.19. The lowest BCUT2D eigenvalue weighted by molar-refractivity contribution is 0.0686. The van der Waals surface area contributed by atoms with Gasteiger partial charge in [-0.3, -0.25) is 9.20 Å². The normalized spacial score (nSPS) is 10.6. The summed E-state index contributed by atoms with van der Waals surface area (Å²) in [5.41, 5.74) is -1.44. The quantitative estimate of drug-likeness (QED) is 0.767. The summed E-state index contributed by atoms with van der Waals surface area (Å²) >= 11 is 5.66. The Hall–Kier alpha value is -2.08. The minimum atomic E-state index is -1.47. The molecule has 7 heteroatoms. The smallest absolute Gasteiger partial charge is 0.358 e. The van der Waals surface area contributed by atoms with Crippen LogP contribution >= 0.6 is 11.6 Å². The molecule has 0 radical (unpaired) electrons. The van der Waals surface area contributed by atoms with Crippen molar-refractivity contribution in [3.05, 3.63) is 39.4 Å². The van der Waals surface area contributed by atoms with Crippen LogP contribution in [0.5, 0.6) is 5.75 Å². The summed E-state index contributed by atoms with van der Waals surface area (Å²) in [4.78, 5) is 25.9. The van der Waals surface area contributed by atoms with Gasteiger partial charge in [-0.05, 0) is 12.1 Å². The standard InChI is InChI=1S/C9H5ClN2O4/c10-4-1-2-5-11-6(9(15)16)7(13)8(14)12(5)3-4/h1-3,13H,(H,15,16). The van der Waals surface area contributed by atoms with E-state index in [0.29, 0.717) is 0 Å². The van der Waals surface area contributed by atoms with Crippen molar-refractivity contribution >= 4 is 23.2 Å². The average Bonchev–Trinajstić information content (AvgIpc) is 2.23. The van der Waals surface area contributed by atoms with Gasteiger partial charge < -0.3 is 10.2 Å². The second-order valence-corrected chi connectivity index (χ2v) is 3.43. The predicted octanol–water partition coefficient (Wildman–Crippen LogP) is 0.752. The van der Waals surface area contributed by atoms with Gasteiger partial charge in [0, 0.05) is 6.20 Å². The van der Waals surface area contributed by atoms with Gasteiger partial charge in [0.1, 0.15) is 5.65 Å². The van der Waals surface area contributed by atoms with Gasteiger partial charge in [0.2, 0.25) is 5.75 Å². The Labute approximate surface area is 93.4 Å². The number of nitrogens with zero attached hydrogens (tertiary/aromatic N) is 2. The topological polar surface area (TPSA) is 91.9 Å². The number of carboxylic acids is 1. The molecule has 0 aliphatic rings. The molecule has 2 aromatic heterocycles. The summed E-state index contributed by atoms with van der Waals surface area (Å²) in [5.74, 6) is -2.38. The molecule has 2 N–H and O–H groups in total. The second-order valence-electron chi connectivity index (χ2n) is 2.99. The minimum absolute atomic E-state index is 0.101. The van der Waals surface area contributed by atoms with Crippen LogP contribution in [0.2, 0.25) is 5.02 Å². The predicted molar refractivity (Wildman–Crippen MR) is 55.1 cm³/mol. The van der Waals surface area contributed by atoms with Crippen molar-refractivity contribution in [2.45, 2.75) is 0 Å². The van der Waals surface area contributed by atoms with E-state index in [-0.39, 0.29) is 10.7 Å². The Bertz CT molecular complexity index is 650. The summed E-state index contributed by atoms with van der Waals surface area (Å²) in [7, 11) is 0. The molecule has 82 valence electrons. The molecule has 2 rings (SSSR count). The van der Waals surface area contributed by atoms with Crippen molar-refractivity contribution in [1.29, 1.82) is 0 Å². The third kappa shape index (κ3) is 1.49. The fraction of sp³-hybridized carbons (Fsp3) is 0. The number of halogens is 1. The molecule has 16 heavy (non-hydrogen) atoms. The molecule has 0 saturated heterocycles. The fourth-order valence-electron chi connectivity index (χ4n) is 1.25. The summed E-state index contributed by atoms with van der Waals surface area (Å²) in [6, 6.07) is 2.85. The number of aromatic nitrogens is 2. The monoisotopic (exact) mass is 240 g/mol. The zero-order valence-corrected chi connectivity index (χ0v) is 8.47. The lowest BCUT2D eigenvalue weighted by Crippen LogP contribution is -2.18. The van der Waals surface area contributed by atoms with Crippen molar-refractivity contribution in [3.63, 3.8) is 0 Å². The first kappa shape index (κ1) is 10.4. The number of hydrogen-bond donors (Lipinski definition) is 2. The largest absolute Gasteiger partial charge is 0.501 e. The van der Waals surface area contributed by atoms with Crippen LogP contribution in [0.15, 0.2) is 23.1 Å². The maximum atomic E-state index is 11.6. The number of aromatic hydroxyl groups is 1. The first-order valence-electron chi connectivity index (χ1n) is 4.15. The fourth-order valence-corrected chi connectivity index (χ4v) is 1.41. The highest BCUT2D eigenvalue weighted by Gasteiger charge is 2.17. The van der Waals surface area contributed by atoms with Crippen LogP contribution in [0.25, 0.3) is 5.65 Å². The Morgan fingerprint density at radius 2 is 2.12 bits per heavy atom. The molecule has 0 fully saturated rings. The molecule has 0 amide bonds. The molecular weight excluding hydrogens is 236 g/mol. The highest BCUT2D eigenvalue weighted by molar-refractivity contribution is 6.30. The van der Waals surface area contributed by atoms with Crippen LogP contribution in [0, 0.1) is 0 Å². The molecule has 0 saturated carbocycles. The molecule has 6 nitrogen and oxygen atoms in total. The van der Waals surface area contributed by atoms with E-state index >= 15 is 0 Å². The van der Waals surface area contributed by atoms with E-state index in [4.69, 9.17) is 16.7 Å². The van der Waals surface area contributed by atoms with E-state index in [9.17, 15) is 14.7 Å².